The molecule has 0 unspecified atom stereocenters. The second kappa shape index (κ2) is 9.09. The molecule has 0 saturated carbocycles. The number of alkyl halides is 2. The zero-order valence-electron chi connectivity index (χ0n) is 19.5. The van der Waals surface area contributed by atoms with E-state index in [0.29, 0.717) is 37.4 Å². The quantitative estimate of drug-likeness (QED) is 0.567. The highest BCUT2D eigenvalue weighted by Crippen LogP contribution is 2.35. The molecule has 4 heterocycles. The maximum atomic E-state index is 13.4. The van der Waals surface area contributed by atoms with E-state index in [1.54, 1.807) is 18.2 Å². The second-order valence-corrected chi connectivity index (χ2v) is 9.08. The second-order valence-electron chi connectivity index (χ2n) is 9.08. The van der Waals surface area contributed by atoms with Gasteiger partial charge in [-0.25, -0.2) is 13.8 Å². The van der Waals surface area contributed by atoms with E-state index in [1.165, 1.54) is 4.57 Å². The molecule has 9 nitrogen and oxygen atoms in total. The zero-order valence-corrected chi connectivity index (χ0v) is 19.5. The number of anilines is 1. The lowest BCUT2D eigenvalue weighted by Gasteiger charge is -2.40. The average molecular weight is 483 g/mol. The first-order chi connectivity index (χ1) is 16.9. The first kappa shape index (κ1) is 23.0. The highest BCUT2D eigenvalue weighted by atomic mass is 19.3. The van der Waals surface area contributed by atoms with Crippen molar-refractivity contribution < 1.29 is 23.3 Å². The number of nitriles is 1. The third kappa shape index (κ3) is 4.03. The summed E-state index contributed by atoms with van der Waals surface area (Å²) in [5, 5.41) is 18.2. The van der Waals surface area contributed by atoms with Crippen LogP contribution in [0.1, 0.15) is 37.0 Å². The van der Waals surface area contributed by atoms with Crippen LogP contribution in [0.3, 0.4) is 0 Å². The standard InChI is InChI=1S/C24H25F2N7O2/c1-14-12-31(21-15(10-27)11-28-19-9-16(35-2)3-4-18(19)21)6-5-17(14)24(34)32-7-8-33-20(13-32)29-30-23(33)22(25)26/h3-4,9,11,14,17,22H,5-8,12-13H2,1-2H3/p+1/t14-,17+/m1/s1. The molecule has 0 radical (unpaired) electrons. The number of ether oxygens (including phenoxy) is 1. The van der Waals surface area contributed by atoms with Crippen molar-refractivity contribution in [3.8, 4) is 11.8 Å². The number of nitrogens with one attached hydrogen (secondary N) is 1. The van der Waals surface area contributed by atoms with Crippen LogP contribution in [0.25, 0.3) is 10.9 Å². The lowest BCUT2D eigenvalue weighted by molar-refractivity contribution is -0.344. The molecule has 2 atom stereocenters. The van der Waals surface area contributed by atoms with Gasteiger partial charge in [-0.15, -0.1) is 10.2 Å². The first-order valence-corrected chi connectivity index (χ1v) is 11.6. The van der Waals surface area contributed by atoms with Crippen molar-refractivity contribution in [1.29, 1.82) is 5.26 Å². The molecule has 2 aliphatic heterocycles. The van der Waals surface area contributed by atoms with Crippen LogP contribution in [0, 0.1) is 23.2 Å². The molecular weight excluding hydrogens is 456 g/mol. The molecule has 1 fully saturated rings. The lowest BCUT2D eigenvalue weighted by atomic mass is 9.85. The molecule has 2 aromatic heterocycles. The summed E-state index contributed by atoms with van der Waals surface area (Å²) >= 11 is 0. The van der Waals surface area contributed by atoms with Crippen LogP contribution in [-0.2, 0) is 17.9 Å². The van der Waals surface area contributed by atoms with Gasteiger partial charge in [-0.05, 0) is 24.5 Å². The monoisotopic (exact) mass is 482 g/mol. The number of hydrogen-bond acceptors (Lipinski definition) is 6. The fraction of sp³-hybridized carbons (Fsp3) is 0.458. The number of aromatic amines is 1. The molecular formula is C24H26F2N7O2+. The van der Waals surface area contributed by atoms with E-state index in [-0.39, 0.29) is 36.7 Å². The smallest absolute Gasteiger partial charge is 0.297 e. The van der Waals surface area contributed by atoms with E-state index in [4.69, 9.17) is 4.74 Å². The highest BCUT2D eigenvalue weighted by Gasteiger charge is 2.37. The number of fused-ring (bicyclic) bond motifs is 2. The van der Waals surface area contributed by atoms with Gasteiger partial charge < -0.3 is 19.1 Å². The number of pyridine rings is 1. The third-order valence-corrected chi connectivity index (χ3v) is 7.06. The molecule has 1 N–H and O–H groups in total. The van der Waals surface area contributed by atoms with Crippen molar-refractivity contribution in [3.05, 3.63) is 41.6 Å². The van der Waals surface area contributed by atoms with Gasteiger partial charge in [0, 0.05) is 32.1 Å². The molecule has 182 valence electrons. The van der Waals surface area contributed by atoms with Crippen molar-refractivity contribution >= 4 is 22.5 Å². The number of hydrogen-bond donors (Lipinski definition) is 0. The van der Waals surface area contributed by atoms with Gasteiger partial charge in [0.05, 0.1) is 30.8 Å². The van der Waals surface area contributed by atoms with Crippen molar-refractivity contribution in [2.45, 2.75) is 32.9 Å². The van der Waals surface area contributed by atoms with E-state index >= 15 is 0 Å². The number of H-pyrrole nitrogens is 1. The Morgan fingerprint density at radius 3 is 2.83 bits per heavy atom. The van der Waals surface area contributed by atoms with E-state index < -0.39 is 6.43 Å². The number of carbonyl (C=O) groups excluding carboxylic acids is 1. The SMILES string of the molecule is COc1ccc2c(N3CC[C@H](C(=O)N4CCn5c(nnc5C(F)F)C4)[C@H](C)C3)c(C#N)c[nH+]c2c1. The zero-order chi connectivity index (χ0) is 24.7. The van der Waals surface area contributed by atoms with Gasteiger partial charge >= 0.3 is 0 Å². The average Bonchev–Trinajstić information content (AvgIpc) is 3.31. The Hall–Kier alpha value is -3.81. The predicted octanol–water partition coefficient (Wildman–Crippen LogP) is 2.57. The predicted molar refractivity (Wildman–Crippen MR) is 122 cm³/mol. The van der Waals surface area contributed by atoms with Crippen molar-refractivity contribution in [3.63, 3.8) is 0 Å². The number of halogens is 2. The molecule has 1 aromatic carbocycles. The number of amides is 1. The summed E-state index contributed by atoms with van der Waals surface area (Å²) in [5.74, 6) is 0.638. The van der Waals surface area contributed by atoms with Crippen LogP contribution in [0.15, 0.2) is 24.4 Å². The van der Waals surface area contributed by atoms with Gasteiger partial charge in [0.2, 0.25) is 11.4 Å². The molecule has 35 heavy (non-hydrogen) atoms. The van der Waals surface area contributed by atoms with Gasteiger partial charge in [-0.1, -0.05) is 6.92 Å². The number of rotatable bonds is 4. The van der Waals surface area contributed by atoms with Crippen LogP contribution >= 0.6 is 0 Å². The topological polar surface area (TPSA) is 101 Å². The number of aromatic nitrogens is 4. The molecule has 11 heteroatoms. The van der Waals surface area contributed by atoms with Crippen LogP contribution in [0.2, 0.25) is 0 Å². The van der Waals surface area contributed by atoms with Crippen LogP contribution in [0.4, 0.5) is 14.5 Å². The number of nitrogens with zero attached hydrogens (tertiary/aromatic N) is 6. The summed E-state index contributed by atoms with van der Waals surface area (Å²) in [4.78, 5) is 20.4. The summed E-state index contributed by atoms with van der Waals surface area (Å²) in [6, 6.07) is 8.00. The van der Waals surface area contributed by atoms with E-state index in [9.17, 15) is 18.8 Å². The van der Waals surface area contributed by atoms with Crippen LogP contribution in [-0.4, -0.2) is 52.3 Å². The van der Waals surface area contributed by atoms with Gasteiger partial charge in [-0.3, -0.25) is 4.79 Å². The molecule has 3 aromatic rings. The molecule has 0 spiro atoms. The summed E-state index contributed by atoms with van der Waals surface area (Å²) in [7, 11) is 1.61. The largest absolute Gasteiger partial charge is 0.497 e. The van der Waals surface area contributed by atoms with Crippen LogP contribution < -0.4 is 14.6 Å². The number of benzene rings is 1. The molecule has 1 saturated heterocycles. The Morgan fingerprint density at radius 1 is 1.29 bits per heavy atom. The fourth-order valence-corrected chi connectivity index (χ4v) is 5.25. The number of carbonyl (C=O) groups is 1. The third-order valence-electron chi connectivity index (χ3n) is 7.06. The Kier molecular flexibility index (Phi) is 5.96. The van der Waals surface area contributed by atoms with E-state index in [1.807, 2.05) is 25.1 Å². The minimum Gasteiger partial charge on any atom is -0.497 e. The fourth-order valence-electron chi connectivity index (χ4n) is 5.25. The Morgan fingerprint density at radius 2 is 2.11 bits per heavy atom. The molecule has 2 aliphatic rings. The Labute approximate surface area is 200 Å². The van der Waals surface area contributed by atoms with Crippen molar-refractivity contribution in [2.24, 2.45) is 11.8 Å². The maximum Gasteiger partial charge on any atom is 0.297 e. The van der Waals surface area contributed by atoms with Gasteiger partial charge in [-0.2, -0.15) is 5.26 Å². The number of methoxy groups -OCH3 is 1. The number of piperidine rings is 1. The van der Waals surface area contributed by atoms with Crippen molar-refractivity contribution in [2.75, 3.05) is 31.6 Å². The molecule has 5 rings (SSSR count). The summed E-state index contributed by atoms with van der Waals surface area (Å²) in [6.45, 7) is 4.10. The Balaban J connectivity index is 1.34. The minimum atomic E-state index is -2.69. The van der Waals surface area contributed by atoms with Crippen LogP contribution in [0.5, 0.6) is 5.75 Å². The van der Waals surface area contributed by atoms with Gasteiger partial charge in [0.15, 0.2) is 17.8 Å². The van der Waals surface area contributed by atoms with Gasteiger partial charge in [0.1, 0.15) is 17.4 Å². The highest BCUT2D eigenvalue weighted by molar-refractivity contribution is 5.93. The molecule has 1 amide bonds. The summed E-state index contributed by atoms with van der Waals surface area (Å²) < 4.78 is 33.0. The Bertz CT molecular complexity index is 1320. The van der Waals surface area contributed by atoms with Crippen molar-refractivity contribution in [1.82, 2.24) is 19.7 Å². The molecule has 0 aliphatic carbocycles. The molecule has 0 bridgehead atoms. The van der Waals surface area contributed by atoms with E-state index in [0.717, 1.165) is 22.3 Å². The normalized spacial score (nSPS) is 20.1. The summed E-state index contributed by atoms with van der Waals surface area (Å²) in [6.07, 6.45) is -0.350. The minimum absolute atomic E-state index is 0.0153. The van der Waals surface area contributed by atoms with E-state index in [2.05, 4.69) is 26.2 Å². The first-order valence-electron chi connectivity index (χ1n) is 11.6. The maximum absolute atomic E-state index is 13.4. The summed E-state index contributed by atoms with van der Waals surface area (Å²) in [5.41, 5.74) is 2.27. The van der Waals surface area contributed by atoms with Gasteiger partial charge in [0.25, 0.3) is 6.43 Å². The lowest BCUT2D eigenvalue weighted by Crippen LogP contribution is -2.49.